The van der Waals surface area contributed by atoms with Crippen LogP contribution in [0.3, 0.4) is 0 Å². The van der Waals surface area contributed by atoms with Crippen LogP contribution in [0.25, 0.3) is 0 Å². The number of sulfonamides is 1. The molecule has 59 heavy (non-hydrogen) atoms. The maximum absolute atomic E-state index is 14.8. The number of nitrogens with zero attached hydrogens (tertiary/aromatic N) is 3. The molecule has 19 heteroatoms. The van der Waals surface area contributed by atoms with Gasteiger partial charge in [-0.1, -0.05) is 44.2 Å². The van der Waals surface area contributed by atoms with Crippen molar-refractivity contribution in [3.05, 3.63) is 47.5 Å². The number of carbonyl (C=O) groups is 4. The van der Waals surface area contributed by atoms with Crippen molar-refractivity contribution >= 4 is 39.7 Å². The summed E-state index contributed by atoms with van der Waals surface area (Å²) < 4.78 is 80.0. The average Bonchev–Trinajstić information content (AvgIpc) is 4.02. The van der Waals surface area contributed by atoms with Gasteiger partial charge < -0.3 is 30.1 Å². The number of fused-ring (bicyclic) bond motifs is 3. The van der Waals surface area contributed by atoms with Crippen molar-refractivity contribution in [3.8, 4) is 0 Å². The van der Waals surface area contributed by atoms with Crippen LogP contribution in [0.1, 0.15) is 111 Å². The number of halogens is 3. The summed E-state index contributed by atoms with van der Waals surface area (Å²) in [5.74, 6) is -3.67. The molecule has 2 saturated carbocycles. The van der Waals surface area contributed by atoms with Gasteiger partial charge in [0.2, 0.25) is 33.3 Å². The number of aliphatic hydroxyl groups is 1. The van der Waals surface area contributed by atoms with Gasteiger partial charge in [0.1, 0.15) is 23.7 Å². The zero-order valence-corrected chi connectivity index (χ0v) is 35.2. The second kappa shape index (κ2) is 15.9. The molecular weight excluding hydrogens is 798 g/mol. The number of ether oxygens (including phenoxy) is 2. The standard InChI is InChI=1S/C40H55F3N6O9S/c1-22(2)49-33(51)28-15-11-10-14-27(28)32(46-49)57-26-19-29-31(50)45-39(35(53)47-59(55,56)38(7)16-17-38)20-25(39)13-9-8-12-23(3)18-24(4)30(34(52)48(29)21-26)44-36(54)58-37(5,6)40(41,42)43/h9-11,13-15,22-26,29-30,33,51H,8,12,16-21H2,1-7H3,(H,44,54)(H,45,50)(H,47,53)/b13-9-/t23-,24+,25?,26+,29-,30-,33?,39+/m0/s1. The van der Waals surface area contributed by atoms with Gasteiger partial charge in [0.15, 0.2) is 6.23 Å². The molecule has 0 radical (unpaired) electrons. The monoisotopic (exact) mass is 852 g/mol. The number of carbonyl (C=O) groups excluding carboxylic acids is 4. The molecule has 3 heterocycles. The molecule has 0 bridgehead atoms. The van der Waals surface area contributed by atoms with Crippen molar-refractivity contribution < 1.29 is 55.3 Å². The molecule has 2 aliphatic carbocycles. The Labute approximate surface area is 342 Å². The molecule has 1 aromatic carbocycles. The van der Waals surface area contributed by atoms with Crippen molar-refractivity contribution in [3.63, 3.8) is 0 Å². The normalized spacial score (nSPS) is 31.6. The number of hydrogen-bond donors (Lipinski definition) is 4. The van der Waals surface area contributed by atoms with E-state index in [1.54, 1.807) is 37.3 Å². The first-order chi connectivity index (χ1) is 27.4. The number of hydrogen-bond acceptors (Lipinski definition) is 11. The number of alkyl halides is 3. The second-order valence-electron chi connectivity index (χ2n) is 17.8. The van der Waals surface area contributed by atoms with Crippen molar-refractivity contribution in [2.75, 3.05) is 6.54 Å². The van der Waals surface area contributed by atoms with Gasteiger partial charge in [-0.3, -0.25) is 24.1 Å². The summed E-state index contributed by atoms with van der Waals surface area (Å²) in [6, 6.07) is 3.82. The van der Waals surface area contributed by atoms with E-state index in [9.17, 15) is 45.9 Å². The predicted molar refractivity (Wildman–Crippen MR) is 208 cm³/mol. The van der Waals surface area contributed by atoms with Crippen molar-refractivity contribution in [1.29, 1.82) is 0 Å². The Kier molecular flexibility index (Phi) is 11.9. The van der Waals surface area contributed by atoms with Crippen molar-refractivity contribution in [2.24, 2.45) is 22.9 Å². The lowest BCUT2D eigenvalue weighted by molar-refractivity contribution is -0.244. The second-order valence-corrected chi connectivity index (χ2v) is 20.0. The van der Waals surface area contributed by atoms with Gasteiger partial charge in [0.05, 0.1) is 11.3 Å². The lowest BCUT2D eigenvalue weighted by Gasteiger charge is -2.35. The number of allylic oxidation sites excluding steroid dienone is 1. The molecule has 1 aromatic rings. The highest BCUT2D eigenvalue weighted by molar-refractivity contribution is 7.91. The van der Waals surface area contributed by atoms with Gasteiger partial charge in [0.25, 0.3) is 5.91 Å². The fraction of sp³-hybridized carbons (Fsp3) is 0.675. The summed E-state index contributed by atoms with van der Waals surface area (Å²) in [6.07, 6.45) is -2.62. The zero-order valence-electron chi connectivity index (χ0n) is 34.3. The Bertz CT molecular complexity index is 2000. The van der Waals surface area contributed by atoms with E-state index in [0.717, 1.165) is 0 Å². The van der Waals surface area contributed by atoms with Crippen LogP contribution in [0.5, 0.6) is 0 Å². The topological polar surface area (TPSA) is 196 Å². The molecule has 1 saturated heterocycles. The highest BCUT2D eigenvalue weighted by atomic mass is 32.2. The summed E-state index contributed by atoms with van der Waals surface area (Å²) in [4.78, 5) is 57.7. The quantitative estimate of drug-likeness (QED) is 0.286. The number of amides is 4. The lowest BCUT2D eigenvalue weighted by Crippen LogP contribution is -2.59. The Morgan fingerprint density at radius 2 is 1.78 bits per heavy atom. The van der Waals surface area contributed by atoms with E-state index in [0.29, 0.717) is 57.1 Å². The third kappa shape index (κ3) is 8.91. The van der Waals surface area contributed by atoms with E-state index in [1.165, 1.54) is 16.8 Å². The Balaban J connectivity index is 1.36. The number of benzene rings is 1. The van der Waals surface area contributed by atoms with E-state index in [4.69, 9.17) is 9.47 Å². The minimum atomic E-state index is -4.92. The summed E-state index contributed by atoms with van der Waals surface area (Å²) in [6.45, 7) is 9.91. The van der Waals surface area contributed by atoms with E-state index < -0.39 is 92.2 Å². The van der Waals surface area contributed by atoms with E-state index in [1.807, 2.05) is 26.8 Å². The van der Waals surface area contributed by atoms with Gasteiger partial charge in [-0.15, -0.1) is 5.10 Å². The third-order valence-electron chi connectivity index (χ3n) is 12.3. The molecule has 6 rings (SSSR count). The van der Waals surface area contributed by atoms with E-state index in [-0.39, 0.29) is 37.2 Å². The molecule has 8 atom stereocenters. The molecule has 4 N–H and O–H groups in total. The number of aliphatic hydroxyl groups excluding tert-OH is 1. The highest BCUT2D eigenvalue weighted by Gasteiger charge is 2.63. The van der Waals surface area contributed by atoms with Crippen LogP contribution in [0.2, 0.25) is 0 Å². The molecule has 15 nitrogen and oxygen atoms in total. The molecule has 0 aromatic heterocycles. The van der Waals surface area contributed by atoms with Crippen LogP contribution in [-0.4, -0.2) is 106 Å². The van der Waals surface area contributed by atoms with Crippen LogP contribution >= 0.6 is 0 Å². The summed E-state index contributed by atoms with van der Waals surface area (Å²) >= 11 is 0. The highest BCUT2D eigenvalue weighted by Crippen LogP contribution is 2.48. The molecule has 5 aliphatic rings. The average molecular weight is 853 g/mol. The van der Waals surface area contributed by atoms with Gasteiger partial charge in [-0.05, 0) is 91.0 Å². The van der Waals surface area contributed by atoms with Gasteiger partial charge in [-0.2, -0.15) is 13.2 Å². The van der Waals surface area contributed by atoms with E-state index in [2.05, 4.69) is 20.5 Å². The first-order valence-corrected chi connectivity index (χ1v) is 21.6. The molecule has 4 amide bonds. The summed E-state index contributed by atoms with van der Waals surface area (Å²) in [7, 11) is -4.09. The maximum atomic E-state index is 14.8. The van der Waals surface area contributed by atoms with Crippen LogP contribution in [0, 0.1) is 17.8 Å². The largest absolute Gasteiger partial charge is 0.471 e. The smallest absolute Gasteiger partial charge is 0.427 e. The SMILES string of the molecule is CC(C)N1N=C(O[C@@H]2C[C@H]3C(=O)N[C@]4(C(=O)NS(=O)(=O)C5(C)CC5)CC4/C=C\CC[C@H](C)C[C@@H](C)[C@H](NC(=O)OC(C)(C)C(F)(F)F)C(=O)N3C2)c2ccccc2C1O. The van der Waals surface area contributed by atoms with Crippen LogP contribution in [0.15, 0.2) is 41.5 Å². The number of rotatable bonds is 7. The third-order valence-corrected chi connectivity index (χ3v) is 14.4. The Hall–Kier alpha value is -4.39. The Morgan fingerprint density at radius 3 is 2.42 bits per heavy atom. The zero-order chi connectivity index (χ0) is 43.5. The molecular formula is C40H55F3N6O9S. The number of alkyl carbamates (subject to hydrolysis) is 1. The van der Waals surface area contributed by atoms with Gasteiger partial charge in [-0.25, -0.2) is 13.2 Å². The molecule has 3 fully saturated rings. The minimum absolute atomic E-state index is 0.0509. The predicted octanol–water partition coefficient (Wildman–Crippen LogP) is 4.37. The Morgan fingerprint density at radius 1 is 1.10 bits per heavy atom. The molecule has 3 aliphatic heterocycles. The van der Waals surface area contributed by atoms with E-state index >= 15 is 0 Å². The van der Waals surface area contributed by atoms with Gasteiger partial charge >= 0.3 is 12.3 Å². The van der Waals surface area contributed by atoms with Crippen LogP contribution < -0.4 is 15.4 Å². The fourth-order valence-corrected chi connectivity index (χ4v) is 9.27. The van der Waals surface area contributed by atoms with Gasteiger partial charge in [0, 0.05) is 29.5 Å². The summed E-state index contributed by atoms with van der Waals surface area (Å²) in [5.41, 5.74) is -3.57. The van der Waals surface area contributed by atoms with Crippen molar-refractivity contribution in [2.45, 2.75) is 146 Å². The number of nitrogens with one attached hydrogen (secondary N) is 3. The van der Waals surface area contributed by atoms with Crippen LogP contribution in [-0.2, 0) is 33.9 Å². The summed E-state index contributed by atoms with van der Waals surface area (Å²) in [5, 5.41) is 22.3. The van der Waals surface area contributed by atoms with Crippen LogP contribution in [0.4, 0.5) is 18.0 Å². The first-order valence-electron chi connectivity index (χ1n) is 20.1. The minimum Gasteiger partial charge on any atom is -0.471 e. The molecule has 2 unspecified atom stereocenters. The first kappa shape index (κ1) is 44.2. The number of hydrazone groups is 1. The molecule has 0 spiro atoms. The van der Waals surface area contributed by atoms with Crippen molar-refractivity contribution in [1.82, 2.24) is 25.3 Å². The fourth-order valence-electron chi connectivity index (χ4n) is 7.96. The maximum Gasteiger partial charge on any atom is 0.427 e. The lowest BCUT2D eigenvalue weighted by atomic mass is 9.88. The molecule has 326 valence electrons.